The molecule has 2 nitrogen and oxygen atoms in total. The number of halogens is 1. The van der Waals surface area contributed by atoms with Crippen LogP contribution in [-0.2, 0) is 4.74 Å². The van der Waals surface area contributed by atoms with Crippen molar-refractivity contribution in [2.24, 2.45) is 0 Å². The second-order valence-corrected chi connectivity index (χ2v) is 7.19. The van der Waals surface area contributed by atoms with Crippen LogP contribution in [0.5, 0.6) is 0 Å². The van der Waals surface area contributed by atoms with Crippen molar-refractivity contribution in [2.45, 2.75) is 28.9 Å². The van der Waals surface area contributed by atoms with Crippen molar-refractivity contribution in [1.29, 1.82) is 0 Å². The number of nitrogens with one attached hydrogen (secondary N) is 1. The summed E-state index contributed by atoms with van der Waals surface area (Å²) in [5, 5.41) is 4.07. The Hall–Kier alpha value is -0.0300. The molecule has 0 saturated carbocycles. The van der Waals surface area contributed by atoms with Gasteiger partial charge < -0.3 is 10.1 Å². The van der Waals surface area contributed by atoms with Gasteiger partial charge in [-0.05, 0) is 65.5 Å². The molecule has 18 heavy (non-hydrogen) atoms. The summed E-state index contributed by atoms with van der Waals surface area (Å²) in [5.41, 5.74) is 1.48. The predicted octanol–water partition coefficient (Wildman–Crippen LogP) is 3.41. The van der Waals surface area contributed by atoms with Gasteiger partial charge in [0, 0.05) is 9.37 Å². The van der Waals surface area contributed by atoms with Crippen LogP contribution in [0.4, 0.5) is 0 Å². The lowest BCUT2D eigenvalue weighted by Gasteiger charge is -2.26. The highest BCUT2D eigenvalue weighted by Gasteiger charge is 2.21. The molecule has 0 aromatic heterocycles. The number of piperidine rings is 1. The van der Waals surface area contributed by atoms with Crippen molar-refractivity contribution < 1.29 is 4.74 Å². The fourth-order valence-corrected chi connectivity index (χ4v) is 4.17. The molecule has 1 aromatic carbocycles. The number of ether oxygens (including phenoxy) is 1. The average molecular weight is 328 g/mol. The third kappa shape index (κ3) is 2.93. The Kier molecular flexibility index (Phi) is 4.29. The highest BCUT2D eigenvalue weighted by Crippen LogP contribution is 2.36. The zero-order valence-corrected chi connectivity index (χ0v) is 12.7. The molecule has 98 valence electrons. The summed E-state index contributed by atoms with van der Waals surface area (Å²) >= 11 is 5.65. The SMILES string of the molecule is Brc1cc(C2CCNCC2)ccc1SC1COC1. The first-order chi connectivity index (χ1) is 8.83. The van der Waals surface area contributed by atoms with E-state index in [1.165, 1.54) is 27.8 Å². The molecule has 0 atom stereocenters. The minimum atomic E-state index is 0.644. The van der Waals surface area contributed by atoms with E-state index in [1.54, 1.807) is 0 Å². The molecule has 2 aliphatic rings. The largest absolute Gasteiger partial charge is 0.379 e. The van der Waals surface area contributed by atoms with Crippen LogP contribution in [0.2, 0.25) is 0 Å². The molecular formula is C14H18BrNOS. The van der Waals surface area contributed by atoms with Crippen molar-refractivity contribution in [1.82, 2.24) is 5.32 Å². The molecule has 2 aliphatic heterocycles. The van der Waals surface area contributed by atoms with Gasteiger partial charge in [-0.25, -0.2) is 0 Å². The molecule has 2 saturated heterocycles. The Bertz CT molecular complexity index is 416. The van der Waals surface area contributed by atoms with E-state index in [9.17, 15) is 0 Å². The van der Waals surface area contributed by atoms with Gasteiger partial charge >= 0.3 is 0 Å². The Morgan fingerprint density at radius 1 is 1.22 bits per heavy atom. The smallest absolute Gasteiger partial charge is 0.0611 e. The number of hydrogen-bond donors (Lipinski definition) is 1. The summed E-state index contributed by atoms with van der Waals surface area (Å²) in [5.74, 6) is 0.730. The lowest BCUT2D eigenvalue weighted by molar-refractivity contribution is 0.0455. The highest BCUT2D eigenvalue weighted by atomic mass is 79.9. The zero-order valence-electron chi connectivity index (χ0n) is 10.3. The summed E-state index contributed by atoms with van der Waals surface area (Å²) in [6, 6.07) is 6.89. The normalized spacial score (nSPS) is 21.8. The maximum Gasteiger partial charge on any atom is 0.0611 e. The minimum absolute atomic E-state index is 0.644. The van der Waals surface area contributed by atoms with E-state index in [0.29, 0.717) is 5.25 Å². The van der Waals surface area contributed by atoms with Gasteiger partial charge in [0.15, 0.2) is 0 Å². The topological polar surface area (TPSA) is 21.3 Å². The molecule has 0 amide bonds. The van der Waals surface area contributed by atoms with Gasteiger partial charge in [0.2, 0.25) is 0 Å². The van der Waals surface area contributed by atoms with Gasteiger partial charge in [0.25, 0.3) is 0 Å². The van der Waals surface area contributed by atoms with Crippen LogP contribution in [0.3, 0.4) is 0 Å². The van der Waals surface area contributed by atoms with Crippen LogP contribution in [-0.4, -0.2) is 31.6 Å². The van der Waals surface area contributed by atoms with Crippen LogP contribution in [0, 0.1) is 0 Å². The first kappa shape index (κ1) is 13.0. The van der Waals surface area contributed by atoms with E-state index in [0.717, 1.165) is 32.2 Å². The van der Waals surface area contributed by atoms with E-state index in [-0.39, 0.29) is 0 Å². The van der Waals surface area contributed by atoms with Gasteiger partial charge in [-0.1, -0.05) is 6.07 Å². The molecule has 1 aromatic rings. The number of hydrogen-bond acceptors (Lipinski definition) is 3. The molecule has 2 fully saturated rings. The second kappa shape index (κ2) is 5.95. The molecule has 3 rings (SSSR count). The van der Waals surface area contributed by atoms with Crippen molar-refractivity contribution in [3.8, 4) is 0 Å². The maximum absolute atomic E-state index is 5.22. The Morgan fingerprint density at radius 3 is 2.61 bits per heavy atom. The fourth-order valence-electron chi connectivity index (χ4n) is 2.48. The molecule has 0 unspecified atom stereocenters. The number of thioether (sulfide) groups is 1. The zero-order chi connectivity index (χ0) is 12.4. The molecule has 0 spiro atoms. The summed E-state index contributed by atoms with van der Waals surface area (Å²) in [4.78, 5) is 1.35. The van der Waals surface area contributed by atoms with Crippen LogP contribution in [0.15, 0.2) is 27.6 Å². The lowest BCUT2D eigenvalue weighted by Crippen LogP contribution is -2.30. The molecule has 0 aliphatic carbocycles. The van der Waals surface area contributed by atoms with Crippen molar-refractivity contribution in [3.05, 3.63) is 28.2 Å². The van der Waals surface area contributed by atoms with Crippen LogP contribution in [0.25, 0.3) is 0 Å². The van der Waals surface area contributed by atoms with Crippen LogP contribution in [0.1, 0.15) is 24.3 Å². The van der Waals surface area contributed by atoms with E-state index in [4.69, 9.17) is 4.74 Å². The van der Waals surface area contributed by atoms with Crippen LogP contribution >= 0.6 is 27.7 Å². The molecule has 4 heteroatoms. The second-order valence-electron chi connectivity index (χ2n) is 4.99. The van der Waals surface area contributed by atoms with E-state index in [1.807, 2.05) is 11.8 Å². The van der Waals surface area contributed by atoms with Crippen molar-refractivity contribution in [3.63, 3.8) is 0 Å². The van der Waals surface area contributed by atoms with Gasteiger partial charge in [-0.15, -0.1) is 11.8 Å². The predicted molar refractivity (Wildman–Crippen MR) is 79.5 cm³/mol. The van der Waals surface area contributed by atoms with E-state index in [2.05, 4.69) is 39.4 Å². The first-order valence-corrected chi connectivity index (χ1v) is 8.25. The molecule has 1 N–H and O–H groups in total. The standard InChI is InChI=1S/C14H18BrNOS/c15-13-7-11(10-3-5-16-6-4-10)1-2-14(13)18-12-8-17-9-12/h1-2,7,10,12,16H,3-6,8-9H2. The number of rotatable bonds is 3. The summed E-state index contributed by atoms with van der Waals surface area (Å²) in [7, 11) is 0. The monoisotopic (exact) mass is 327 g/mol. The third-order valence-corrected chi connectivity index (χ3v) is 5.80. The maximum atomic E-state index is 5.22. The molecule has 0 bridgehead atoms. The fraction of sp³-hybridized carbons (Fsp3) is 0.571. The Labute approximate surface area is 121 Å². The summed E-state index contributed by atoms with van der Waals surface area (Å²) in [6.45, 7) is 4.09. The summed E-state index contributed by atoms with van der Waals surface area (Å²) in [6.07, 6.45) is 2.52. The summed E-state index contributed by atoms with van der Waals surface area (Å²) < 4.78 is 6.47. The minimum Gasteiger partial charge on any atom is -0.379 e. The molecular weight excluding hydrogens is 310 g/mol. The first-order valence-electron chi connectivity index (χ1n) is 6.57. The van der Waals surface area contributed by atoms with Gasteiger partial charge in [-0.3, -0.25) is 0 Å². The molecule has 0 radical (unpaired) electrons. The van der Waals surface area contributed by atoms with Crippen molar-refractivity contribution in [2.75, 3.05) is 26.3 Å². The van der Waals surface area contributed by atoms with E-state index >= 15 is 0 Å². The van der Waals surface area contributed by atoms with Gasteiger partial charge in [0.1, 0.15) is 0 Å². The van der Waals surface area contributed by atoms with E-state index < -0.39 is 0 Å². The third-order valence-electron chi connectivity index (χ3n) is 3.67. The quantitative estimate of drug-likeness (QED) is 0.919. The lowest BCUT2D eigenvalue weighted by atomic mass is 9.90. The van der Waals surface area contributed by atoms with Crippen LogP contribution < -0.4 is 5.32 Å². The van der Waals surface area contributed by atoms with Gasteiger partial charge in [-0.2, -0.15) is 0 Å². The number of benzene rings is 1. The Balaban J connectivity index is 1.70. The average Bonchev–Trinajstić information content (AvgIpc) is 2.36. The van der Waals surface area contributed by atoms with Gasteiger partial charge in [0.05, 0.1) is 18.5 Å². The molecule has 2 heterocycles. The van der Waals surface area contributed by atoms with Crippen molar-refractivity contribution >= 4 is 27.7 Å². The highest BCUT2D eigenvalue weighted by molar-refractivity contribution is 9.10. The Morgan fingerprint density at radius 2 is 2.00 bits per heavy atom.